The second-order valence-electron chi connectivity index (χ2n) is 5.17. The van der Waals surface area contributed by atoms with Gasteiger partial charge < -0.3 is 14.8 Å². The van der Waals surface area contributed by atoms with Crippen LogP contribution in [0.4, 0.5) is 0 Å². The van der Waals surface area contributed by atoms with Gasteiger partial charge in [-0.15, -0.1) is 0 Å². The lowest BCUT2D eigenvalue weighted by atomic mass is 10.1. The van der Waals surface area contributed by atoms with Crippen LogP contribution in [0.3, 0.4) is 0 Å². The Kier molecular flexibility index (Phi) is 6.02. The van der Waals surface area contributed by atoms with Crippen molar-refractivity contribution in [3.05, 3.63) is 64.2 Å². The van der Waals surface area contributed by atoms with Gasteiger partial charge in [-0.2, -0.15) is 0 Å². The summed E-state index contributed by atoms with van der Waals surface area (Å²) in [5.74, 6) is 0.605. The summed E-state index contributed by atoms with van der Waals surface area (Å²) in [5, 5.41) is 3.28. The molecule has 0 bridgehead atoms. The van der Waals surface area contributed by atoms with Crippen LogP contribution in [0.5, 0.6) is 5.75 Å². The first kappa shape index (κ1) is 17.3. The summed E-state index contributed by atoms with van der Waals surface area (Å²) in [7, 11) is 3.10. The maximum Gasteiger partial charge on any atom is 0.253 e. The lowest BCUT2D eigenvalue weighted by Crippen LogP contribution is -2.27. The zero-order valence-electron chi connectivity index (χ0n) is 13.4. The third kappa shape index (κ3) is 4.47. The molecular weight excluding hydrogens is 314 g/mol. The predicted molar refractivity (Wildman–Crippen MR) is 90.8 cm³/mol. The molecule has 0 fully saturated rings. The van der Waals surface area contributed by atoms with Crippen molar-refractivity contribution in [2.75, 3.05) is 14.2 Å². The Bertz CT molecular complexity index is 688. The van der Waals surface area contributed by atoms with Gasteiger partial charge in [0.2, 0.25) is 0 Å². The molecule has 1 atom stereocenters. The van der Waals surface area contributed by atoms with Crippen molar-refractivity contribution in [2.24, 2.45) is 0 Å². The molecule has 5 heteroatoms. The third-order valence-electron chi connectivity index (χ3n) is 3.51. The Morgan fingerprint density at radius 3 is 2.70 bits per heavy atom. The third-order valence-corrected chi connectivity index (χ3v) is 3.74. The highest BCUT2D eigenvalue weighted by atomic mass is 35.5. The highest BCUT2D eigenvalue weighted by Crippen LogP contribution is 2.24. The van der Waals surface area contributed by atoms with Gasteiger partial charge in [0.25, 0.3) is 5.91 Å². The zero-order chi connectivity index (χ0) is 16.8. The van der Waals surface area contributed by atoms with E-state index < -0.39 is 6.10 Å². The molecule has 0 saturated heterocycles. The maximum atomic E-state index is 11.8. The molecule has 0 saturated carbocycles. The van der Waals surface area contributed by atoms with Crippen LogP contribution in [0.15, 0.2) is 42.5 Å². The van der Waals surface area contributed by atoms with Gasteiger partial charge in [0.15, 0.2) is 6.10 Å². The molecule has 0 aliphatic heterocycles. The van der Waals surface area contributed by atoms with Crippen molar-refractivity contribution in [1.29, 1.82) is 0 Å². The average Bonchev–Trinajstić information content (AvgIpc) is 2.55. The lowest BCUT2D eigenvalue weighted by molar-refractivity contribution is -0.130. The highest BCUT2D eigenvalue weighted by Gasteiger charge is 2.18. The van der Waals surface area contributed by atoms with E-state index in [0.29, 0.717) is 11.6 Å². The molecule has 23 heavy (non-hydrogen) atoms. The molecule has 0 radical (unpaired) electrons. The van der Waals surface area contributed by atoms with Gasteiger partial charge >= 0.3 is 0 Å². The molecular formula is C18H20ClNO3. The Morgan fingerprint density at radius 2 is 2.04 bits per heavy atom. The van der Waals surface area contributed by atoms with Crippen LogP contribution < -0.4 is 10.1 Å². The Hall–Kier alpha value is -2.04. The number of ether oxygens (including phenoxy) is 2. The van der Waals surface area contributed by atoms with Crippen molar-refractivity contribution >= 4 is 17.5 Å². The molecule has 1 N–H and O–H groups in total. The van der Waals surface area contributed by atoms with E-state index >= 15 is 0 Å². The first-order valence-electron chi connectivity index (χ1n) is 7.27. The molecule has 2 aromatic rings. The number of amides is 1. The smallest absolute Gasteiger partial charge is 0.253 e. The number of nitrogens with one attached hydrogen (secondary N) is 1. The lowest BCUT2D eigenvalue weighted by Gasteiger charge is -2.15. The fourth-order valence-electron chi connectivity index (χ4n) is 2.31. The van der Waals surface area contributed by atoms with E-state index in [2.05, 4.69) is 5.32 Å². The summed E-state index contributed by atoms with van der Waals surface area (Å²) in [4.78, 5) is 11.8. The fraction of sp³-hybridized carbons (Fsp3) is 0.278. The number of hydrogen-bond acceptors (Lipinski definition) is 3. The summed E-state index contributed by atoms with van der Waals surface area (Å²) in [5.41, 5.74) is 2.73. The molecule has 2 rings (SSSR count). The van der Waals surface area contributed by atoms with E-state index in [-0.39, 0.29) is 5.91 Å². The average molecular weight is 334 g/mol. The standard InChI is InChI=1S/C18H20ClNO3/c1-12-9-15(19)7-8-16(12)23-11-13-5-4-6-14(10-13)17(22-3)18(21)20-2/h4-10,17H,11H2,1-3H3,(H,20,21). The maximum absolute atomic E-state index is 11.8. The SMILES string of the molecule is CNC(=O)C(OC)c1cccc(COc2ccc(Cl)cc2C)c1. The minimum atomic E-state index is -0.628. The number of methoxy groups -OCH3 is 1. The van der Waals surface area contributed by atoms with Crippen LogP contribution in [0, 0.1) is 6.92 Å². The molecule has 0 spiro atoms. The molecule has 0 aliphatic carbocycles. The monoisotopic (exact) mass is 333 g/mol. The molecule has 2 aromatic carbocycles. The quantitative estimate of drug-likeness (QED) is 0.877. The number of benzene rings is 2. The van der Waals surface area contributed by atoms with Crippen molar-refractivity contribution in [1.82, 2.24) is 5.32 Å². The number of halogens is 1. The van der Waals surface area contributed by atoms with Crippen molar-refractivity contribution in [2.45, 2.75) is 19.6 Å². The van der Waals surface area contributed by atoms with Gasteiger partial charge in [0.05, 0.1) is 0 Å². The minimum absolute atomic E-state index is 0.181. The molecule has 4 nitrogen and oxygen atoms in total. The van der Waals surface area contributed by atoms with E-state index in [1.54, 1.807) is 13.1 Å². The first-order valence-corrected chi connectivity index (χ1v) is 7.65. The van der Waals surface area contributed by atoms with Gasteiger partial charge in [-0.25, -0.2) is 0 Å². The number of carbonyl (C=O) groups is 1. The Morgan fingerprint density at radius 1 is 1.26 bits per heavy atom. The van der Waals surface area contributed by atoms with E-state index in [1.807, 2.05) is 43.3 Å². The molecule has 1 unspecified atom stereocenters. The minimum Gasteiger partial charge on any atom is -0.489 e. The molecule has 0 heterocycles. The predicted octanol–water partition coefficient (Wildman–Crippen LogP) is 3.66. The second kappa shape index (κ2) is 7.99. The van der Waals surface area contributed by atoms with Crippen molar-refractivity contribution in [3.63, 3.8) is 0 Å². The summed E-state index contributed by atoms with van der Waals surface area (Å²) < 4.78 is 11.1. The molecule has 0 aliphatic rings. The number of likely N-dealkylation sites (N-methyl/N-ethyl adjacent to an activating group) is 1. The topological polar surface area (TPSA) is 47.6 Å². The van der Waals surface area contributed by atoms with E-state index in [0.717, 1.165) is 22.4 Å². The Balaban J connectivity index is 2.12. The number of carbonyl (C=O) groups excluding carboxylic acids is 1. The molecule has 0 aromatic heterocycles. The first-order chi connectivity index (χ1) is 11.0. The second-order valence-corrected chi connectivity index (χ2v) is 5.61. The summed E-state index contributed by atoms with van der Waals surface area (Å²) >= 11 is 5.94. The van der Waals surface area contributed by atoms with Crippen LogP contribution >= 0.6 is 11.6 Å². The normalized spacial score (nSPS) is 11.8. The number of hydrogen-bond donors (Lipinski definition) is 1. The fourth-order valence-corrected chi connectivity index (χ4v) is 2.53. The van der Waals surface area contributed by atoms with Gasteiger partial charge in [-0.1, -0.05) is 29.8 Å². The van der Waals surface area contributed by atoms with Gasteiger partial charge in [-0.3, -0.25) is 4.79 Å². The molecule has 122 valence electrons. The van der Waals surface area contributed by atoms with Crippen LogP contribution in [-0.2, 0) is 16.1 Å². The summed E-state index contributed by atoms with van der Waals surface area (Å²) in [6.07, 6.45) is -0.628. The van der Waals surface area contributed by atoms with E-state index in [4.69, 9.17) is 21.1 Å². The number of aryl methyl sites for hydroxylation is 1. The van der Waals surface area contributed by atoms with E-state index in [9.17, 15) is 4.79 Å². The van der Waals surface area contributed by atoms with Crippen LogP contribution in [0.25, 0.3) is 0 Å². The van der Waals surface area contributed by atoms with Crippen LogP contribution in [0.1, 0.15) is 22.8 Å². The van der Waals surface area contributed by atoms with Gasteiger partial charge in [0, 0.05) is 19.2 Å². The largest absolute Gasteiger partial charge is 0.489 e. The van der Waals surface area contributed by atoms with E-state index in [1.165, 1.54) is 7.11 Å². The summed E-state index contributed by atoms with van der Waals surface area (Å²) in [6, 6.07) is 13.1. The van der Waals surface area contributed by atoms with Crippen molar-refractivity contribution < 1.29 is 14.3 Å². The zero-order valence-corrected chi connectivity index (χ0v) is 14.2. The van der Waals surface area contributed by atoms with Gasteiger partial charge in [0.1, 0.15) is 12.4 Å². The highest BCUT2D eigenvalue weighted by molar-refractivity contribution is 6.30. The number of rotatable bonds is 6. The van der Waals surface area contributed by atoms with Crippen molar-refractivity contribution in [3.8, 4) is 5.75 Å². The Labute approximate surface area is 141 Å². The van der Waals surface area contributed by atoms with Crippen LogP contribution in [0.2, 0.25) is 5.02 Å². The molecule has 1 amide bonds. The summed E-state index contributed by atoms with van der Waals surface area (Å²) in [6.45, 7) is 2.35. The van der Waals surface area contributed by atoms with Crippen LogP contribution in [-0.4, -0.2) is 20.1 Å². The van der Waals surface area contributed by atoms with Gasteiger partial charge in [-0.05, 0) is 47.9 Å².